The number of nitrogens with one attached hydrogen (secondary N) is 3. The second-order valence-corrected chi connectivity index (χ2v) is 6.68. The molecular weight excluding hydrogens is 415 g/mol. The van der Waals surface area contributed by atoms with Gasteiger partial charge in [0, 0.05) is 17.3 Å². The van der Waals surface area contributed by atoms with Crippen LogP contribution in [-0.4, -0.2) is 26.2 Å². The molecule has 3 N–H and O–H groups in total. The Labute approximate surface area is 176 Å². The Morgan fingerprint density at radius 2 is 1.81 bits per heavy atom. The first kappa shape index (κ1) is 22.0. The first-order valence-electron chi connectivity index (χ1n) is 9.13. The number of ether oxygens (including phenoxy) is 2. The van der Waals surface area contributed by atoms with E-state index in [2.05, 4.69) is 16.0 Å². The molecule has 7 nitrogen and oxygen atoms in total. The van der Waals surface area contributed by atoms with E-state index in [0.29, 0.717) is 17.1 Å². The maximum absolute atomic E-state index is 13.3. The van der Waals surface area contributed by atoms with E-state index < -0.39 is 35.4 Å². The lowest BCUT2D eigenvalue weighted by atomic mass is 9.93. The molecule has 0 aliphatic carbocycles. The molecule has 1 aliphatic rings. The lowest BCUT2D eigenvalue weighted by Gasteiger charge is -2.30. The minimum absolute atomic E-state index is 0.0417. The van der Waals surface area contributed by atoms with Crippen molar-refractivity contribution in [3.05, 3.63) is 64.9 Å². The lowest BCUT2D eigenvalue weighted by Crippen LogP contribution is -2.46. The number of halogens is 3. The lowest BCUT2D eigenvalue weighted by molar-refractivity contribution is -0.137. The third-order valence-electron chi connectivity index (χ3n) is 4.75. The predicted molar refractivity (Wildman–Crippen MR) is 107 cm³/mol. The van der Waals surface area contributed by atoms with Crippen molar-refractivity contribution in [2.45, 2.75) is 19.1 Å². The van der Waals surface area contributed by atoms with Crippen LogP contribution in [0.1, 0.15) is 24.1 Å². The van der Waals surface area contributed by atoms with Crippen LogP contribution in [0.2, 0.25) is 0 Å². The average molecular weight is 435 g/mol. The van der Waals surface area contributed by atoms with Crippen molar-refractivity contribution in [2.24, 2.45) is 0 Å². The van der Waals surface area contributed by atoms with Gasteiger partial charge < -0.3 is 25.4 Å². The van der Waals surface area contributed by atoms with Crippen molar-refractivity contribution in [1.82, 2.24) is 10.6 Å². The number of anilines is 1. The second-order valence-electron chi connectivity index (χ2n) is 6.68. The molecule has 1 heterocycles. The van der Waals surface area contributed by atoms with Crippen molar-refractivity contribution in [3.8, 4) is 11.5 Å². The fourth-order valence-corrected chi connectivity index (χ4v) is 3.31. The summed E-state index contributed by atoms with van der Waals surface area (Å²) in [6.45, 7) is 1.49. The van der Waals surface area contributed by atoms with Gasteiger partial charge in [0.05, 0.1) is 37.1 Å². The summed E-state index contributed by atoms with van der Waals surface area (Å²) in [4.78, 5) is 25.2. The number of carbonyl (C=O) groups excluding carboxylic acids is 2. The van der Waals surface area contributed by atoms with Gasteiger partial charge in [0.15, 0.2) is 0 Å². The van der Waals surface area contributed by atoms with Crippen LogP contribution in [0.25, 0.3) is 0 Å². The minimum atomic E-state index is -4.65. The van der Waals surface area contributed by atoms with Crippen molar-refractivity contribution in [3.63, 3.8) is 0 Å². The van der Waals surface area contributed by atoms with Gasteiger partial charge in [0.1, 0.15) is 11.5 Å². The number of hydrogen-bond acceptors (Lipinski definition) is 4. The molecule has 3 amide bonds. The van der Waals surface area contributed by atoms with Crippen LogP contribution in [0.5, 0.6) is 11.5 Å². The highest BCUT2D eigenvalue weighted by molar-refractivity contribution is 6.07. The number of urea groups is 1. The number of amides is 3. The smallest absolute Gasteiger partial charge is 0.418 e. The number of methoxy groups -OCH3 is 2. The number of rotatable bonds is 5. The van der Waals surface area contributed by atoms with Gasteiger partial charge in [-0.1, -0.05) is 12.1 Å². The van der Waals surface area contributed by atoms with Crippen molar-refractivity contribution in [1.29, 1.82) is 0 Å². The number of benzene rings is 2. The molecule has 1 atom stereocenters. The Hall–Kier alpha value is -3.69. The first-order valence-corrected chi connectivity index (χ1v) is 9.13. The fraction of sp³-hybridized carbons (Fsp3) is 0.238. The van der Waals surface area contributed by atoms with Crippen LogP contribution >= 0.6 is 0 Å². The summed E-state index contributed by atoms with van der Waals surface area (Å²) in [5.41, 5.74) is -0.689. The Morgan fingerprint density at radius 3 is 2.45 bits per heavy atom. The SMILES string of the molecule is COc1ccc([C@H]2NC(=O)NC(C)=C2C(=O)Nc2ccccc2C(F)(F)F)c(OC)c1. The zero-order valence-electron chi connectivity index (χ0n) is 16.9. The normalized spacial score (nSPS) is 16.3. The van der Waals surface area contributed by atoms with Crippen LogP contribution in [0.3, 0.4) is 0 Å². The summed E-state index contributed by atoms with van der Waals surface area (Å²) in [5.74, 6) is 0.0246. The highest BCUT2D eigenvalue weighted by Crippen LogP contribution is 2.37. The zero-order chi connectivity index (χ0) is 22.8. The second kappa shape index (κ2) is 8.58. The van der Waals surface area contributed by atoms with Gasteiger partial charge in [0.25, 0.3) is 5.91 Å². The number of alkyl halides is 3. The van der Waals surface area contributed by atoms with Gasteiger partial charge in [-0.05, 0) is 31.2 Å². The van der Waals surface area contributed by atoms with E-state index in [1.165, 1.54) is 33.3 Å². The standard InChI is InChI=1S/C21H20F3N3O4/c1-11-17(19(28)26-15-7-5-4-6-14(15)21(22,23)24)18(27-20(29)25-11)13-9-8-12(30-2)10-16(13)31-3/h4-10,18H,1-3H3,(H,26,28)(H2,25,27,29)/t18-/m1/s1. The van der Waals surface area contributed by atoms with Gasteiger partial charge in [-0.15, -0.1) is 0 Å². The van der Waals surface area contributed by atoms with Crippen LogP contribution < -0.4 is 25.4 Å². The summed E-state index contributed by atoms with van der Waals surface area (Å²) in [6.07, 6.45) is -4.65. The Bertz CT molecular complexity index is 1050. The third-order valence-corrected chi connectivity index (χ3v) is 4.75. The summed E-state index contributed by atoms with van der Waals surface area (Å²) in [6, 6.07) is 7.94. The van der Waals surface area contributed by atoms with Crippen LogP contribution in [0.4, 0.5) is 23.7 Å². The van der Waals surface area contributed by atoms with E-state index in [9.17, 15) is 22.8 Å². The summed E-state index contributed by atoms with van der Waals surface area (Å²) >= 11 is 0. The average Bonchev–Trinajstić information content (AvgIpc) is 2.72. The highest BCUT2D eigenvalue weighted by Gasteiger charge is 2.36. The third kappa shape index (κ3) is 4.57. The van der Waals surface area contributed by atoms with E-state index in [-0.39, 0.29) is 11.3 Å². The molecule has 10 heteroatoms. The van der Waals surface area contributed by atoms with Crippen molar-refractivity contribution >= 4 is 17.6 Å². The van der Waals surface area contributed by atoms with E-state index in [1.54, 1.807) is 18.2 Å². The number of allylic oxidation sites excluding steroid dienone is 1. The number of para-hydroxylation sites is 1. The molecule has 0 saturated carbocycles. The van der Waals surface area contributed by atoms with Crippen molar-refractivity contribution < 1.29 is 32.2 Å². The Morgan fingerprint density at radius 1 is 1.10 bits per heavy atom. The highest BCUT2D eigenvalue weighted by atomic mass is 19.4. The van der Waals surface area contributed by atoms with Gasteiger partial charge in [-0.2, -0.15) is 13.2 Å². The molecule has 0 unspecified atom stereocenters. The molecule has 0 radical (unpaired) electrons. The quantitative estimate of drug-likeness (QED) is 0.663. The van der Waals surface area contributed by atoms with E-state index in [0.717, 1.165) is 12.1 Å². The molecule has 31 heavy (non-hydrogen) atoms. The maximum Gasteiger partial charge on any atom is 0.418 e. The Kier molecular flexibility index (Phi) is 6.09. The molecule has 0 saturated heterocycles. The van der Waals surface area contributed by atoms with E-state index >= 15 is 0 Å². The minimum Gasteiger partial charge on any atom is -0.497 e. The van der Waals surface area contributed by atoms with Crippen LogP contribution in [-0.2, 0) is 11.0 Å². The molecule has 0 fully saturated rings. The molecule has 0 spiro atoms. The fourth-order valence-electron chi connectivity index (χ4n) is 3.31. The largest absolute Gasteiger partial charge is 0.497 e. The number of carbonyl (C=O) groups is 2. The number of hydrogen-bond donors (Lipinski definition) is 3. The van der Waals surface area contributed by atoms with Gasteiger partial charge in [-0.25, -0.2) is 4.79 Å². The molecule has 2 aromatic rings. The maximum atomic E-state index is 13.3. The van der Waals surface area contributed by atoms with Crippen LogP contribution in [0, 0.1) is 0 Å². The summed E-state index contributed by atoms with van der Waals surface area (Å²) in [7, 11) is 2.89. The predicted octanol–water partition coefficient (Wildman–Crippen LogP) is 3.99. The van der Waals surface area contributed by atoms with E-state index in [1.807, 2.05) is 0 Å². The molecule has 2 aromatic carbocycles. The first-order chi connectivity index (χ1) is 14.7. The molecule has 0 aromatic heterocycles. The Balaban J connectivity index is 2.03. The molecule has 0 bridgehead atoms. The van der Waals surface area contributed by atoms with Crippen LogP contribution in [0.15, 0.2) is 53.7 Å². The van der Waals surface area contributed by atoms with Gasteiger partial charge >= 0.3 is 12.2 Å². The molecule has 3 rings (SSSR count). The molecular formula is C21H20F3N3O4. The monoisotopic (exact) mass is 435 g/mol. The topological polar surface area (TPSA) is 88.7 Å². The summed E-state index contributed by atoms with van der Waals surface area (Å²) in [5, 5.41) is 7.42. The zero-order valence-corrected chi connectivity index (χ0v) is 16.9. The van der Waals surface area contributed by atoms with Gasteiger partial charge in [-0.3, -0.25) is 4.79 Å². The van der Waals surface area contributed by atoms with Gasteiger partial charge in [0.2, 0.25) is 0 Å². The summed E-state index contributed by atoms with van der Waals surface area (Å²) < 4.78 is 50.5. The molecule has 1 aliphatic heterocycles. The molecule has 164 valence electrons. The van der Waals surface area contributed by atoms with E-state index in [4.69, 9.17) is 9.47 Å². The van der Waals surface area contributed by atoms with Crippen molar-refractivity contribution in [2.75, 3.05) is 19.5 Å².